The van der Waals surface area contributed by atoms with E-state index in [0.717, 1.165) is 16.0 Å². The van der Waals surface area contributed by atoms with Crippen LogP contribution in [0.5, 0.6) is 0 Å². The van der Waals surface area contributed by atoms with Gasteiger partial charge < -0.3 is 10.6 Å². The second-order valence-electron chi connectivity index (χ2n) is 7.63. The summed E-state index contributed by atoms with van der Waals surface area (Å²) < 4.78 is 0. The van der Waals surface area contributed by atoms with Crippen LogP contribution in [0.25, 0.3) is 0 Å². The van der Waals surface area contributed by atoms with Crippen molar-refractivity contribution in [3.05, 3.63) is 70.2 Å². The first-order valence-corrected chi connectivity index (χ1v) is 9.84. The average molecular weight is 414 g/mol. The summed E-state index contributed by atoms with van der Waals surface area (Å²) >= 11 is 5.93. The molecule has 1 aliphatic heterocycles. The maximum atomic E-state index is 13.0. The summed E-state index contributed by atoms with van der Waals surface area (Å²) in [4.78, 5) is 38.6. The van der Waals surface area contributed by atoms with Gasteiger partial charge in [-0.3, -0.25) is 14.5 Å². The number of carbonyl (C=O) groups excluding carboxylic acids is 3. The van der Waals surface area contributed by atoms with E-state index >= 15 is 0 Å². The van der Waals surface area contributed by atoms with Crippen LogP contribution in [0.1, 0.15) is 43.4 Å². The Morgan fingerprint density at radius 2 is 1.86 bits per heavy atom. The molecule has 2 N–H and O–H groups in total. The second-order valence-corrected chi connectivity index (χ2v) is 8.07. The van der Waals surface area contributed by atoms with Gasteiger partial charge in [-0.1, -0.05) is 61.8 Å². The Bertz CT molecular complexity index is 943. The summed E-state index contributed by atoms with van der Waals surface area (Å²) in [7, 11) is 0. The zero-order valence-electron chi connectivity index (χ0n) is 16.7. The van der Waals surface area contributed by atoms with Crippen LogP contribution in [0.15, 0.2) is 48.5 Å². The minimum atomic E-state index is -1.19. The maximum absolute atomic E-state index is 13.0. The Balaban J connectivity index is 1.67. The lowest BCUT2D eigenvalue weighted by Crippen LogP contribution is -2.43. The lowest BCUT2D eigenvalue weighted by atomic mass is 9.90. The number of hydrogen-bond donors (Lipinski definition) is 2. The van der Waals surface area contributed by atoms with Gasteiger partial charge in [0.25, 0.3) is 5.91 Å². The third-order valence-corrected chi connectivity index (χ3v) is 5.35. The smallest absolute Gasteiger partial charge is 0.325 e. The highest BCUT2D eigenvalue weighted by molar-refractivity contribution is 6.30. The third kappa shape index (κ3) is 4.43. The molecule has 0 saturated carbocycles. The van der Waals surface area contributed by atoms with Crippen molar-refractivity contribution in [2.45, 2.75) is 38.8 Å². The molecule has 0 spiro atoms. The number of nitrogens with one attached hydrogen (secondary N) is 2. The zero-order valence-corrected chi connectivity index (χ0v) is 17.4. The van der Waals surface area contributed by atoms with Crippen molar-refractivity contribution in [3.63, 3.8) is 0 Å². The van der Waals surface area contributed by atoms with Crippen LogP contribution >= 0.6 is 11.6 Å². The quantitative estimate of drug-likeness (QED) is 0.711. The number of hydrogen-bond acceptors (Lipinski definition) is 3. The van der Waals surface area contributed by atoms with Gasteiger partial charge in [0.15, 0.2) is 0 Å². The number of rotatable bonds is 6. The normalized spacial score (nSPS) is 18.9. The first kappa shape index (κ1) is 20.9. The summed E-state index contributed by atoms with van der Waals surface area (Å²) in [5.74, 6) is -0.504. The Kier molecular flexibility index (Phi) is 5.94. The molecule has 0 aromatic heterocycles. The van der Waals surface area contributed by atoms with Crippen LogP contribution in [-0.2, 0) is 21.7 Å². The molecule has 0 aliphatic carbocycles. The molecule has 3 rings (SSSR count). The molecule has 1 heterocycles. The molecular weight excluding hydrogens is 390 g/mol. The van der Waals surface area contributed by atoms with E-state index < -0.39 is 23.4 Å². The fourth-order valence-corrected chi connectivity index (χ4v) is 3.50. The largest absolute Gasteiger partial charge is 0.350 e. The number of amides is 4. The molecule has 7 heteroatoms. The summed E-state index contributed by atoms with van der Waals surface area (Å²) in [6.07, 6.45) is 0. The van der Waals surface area contributed by atoms with E-state index in [4.69, 9.17) is 11.6 Å². The molecular formula is C22H24ClN3O3. The van der Waals surface area contributed by atoms with Crippen LogP contribution in [0, 0.1) is 0 Å². The molecule has 2 aromatic carbocycles. The topological polar surface area (TPSA) is 78.5 Å². The Morgan fingerprint density at radius 3 is 2.48 bits per heavy atom. The molecule has 1 aliphatic rings. The van der Waals surface area contributed by atoms with Crippen molar-refractivity contribution in [3.8, 4) is 0 Å². The molecule has 0 bridgehead atoms. The minimum Gasteiger partial charge on any atom is -0.350 e. The molecule has 4 amide bonds. The summed E-state index contributed by atoms with van der Waals surface area (Å²) in [5, 5.41) is 6.01. The third-order valence-electron chi connectivity index (χ3n) is 5.11. The fourth-order valence-electron chi connectivity index (χ4n) is 3.28. The summed E-state index contributed by atoms with van der Waals surface area (Å²) in [6.45, 7) is 5.75. The van der Waals surface area contributed by atoms with Crippen LogP contribution in [0.2, 0.25) is 5.02 Å². The highest BCUT2D eigenvalue weighted by Crippen LogP contribution is 2.29. The van der Waals surface area contributed by atoms with Crippen molar-refractivity contribution < 1.29 is 14.4 Å². The predicted octanol–water partition coefficient (Wildman–Crippen LogP) is 3.55. The van der Waals surface area contributed by atoms with E-state index in [0.29, 0.717) is 16.5 Å². The Labute approximate surface area is 175 Å². The van der Waals surface area contributed by atoms with Crippen molar-refractivity contribution in [2.75, 3.05) is 6.54 Å². The highest BCUT2D eigenvalue weighted by atomic mass is 35.5. The van der Waals surface area contributed by atoms with Gasteiger partial charge in [0.2, 0.25) is 5.91 Å². The lowest BCUT2D eigenvalue weighted by Gasteiger charge is -2.22. The second kappa shape index (κ2) is 8.25. The highest BCUT2D eigenvalue weighted by Gasteiger charge is 2.49. The first-order chi connectivity index (χ1) is 13.7. The average Bonchev–Trinajstić information content (AvgIpc) is 2.90. The monoisotopic (exact) mass is 413 g/mol. The SMILES string of the molecule is CC(C)c1ccc([C@]2(C)NC(=O)N(CC(=O)NCc3cccc(Cl)c3)C2=O)cc1. The van der Waals surface area contributed by atoms with Crippen molar-refractivity contribution >= 4 is 29.4 Å². The number of carbonyl (C=O) groups is 3. The standard InChI is InChI=1S/C22H24ClN3O3/c1-14(2)16-7-9-17(10-8-16)22(3)20(28)26(21(29)25-22)13-19(27)24-12-15-5-4-6-18(23)11-15/h4-11,14H,12-13H2,1-3H3,(H,24,27)(H,25,29)/t22-/m0/s1. The first-order valence-electron chi connectivity index (χ1n) is 9.46. The van der Waals surface area contributed by atoms with Crippen LogP contribution in [-0.4, -0.2) is 29.3 Å². The van der Waals surface area contributed by atoms with E-state index in [-0.39, 0.29) is 13.1 Å². The number of nitrogens with zero attached hydrogens (tertiary/aromatic N) is 1. The van der Waals surface area contributed by atoms with Crippen molar-refractivity contribution in [1.82, 2.24) is 15.5 Å². The van der Waals surface area contributed by atoms with Gasteiger partial charge in [0, 0.05) is 11.6 Å². The molecule has 1 saturated heterocycles. The molecule has 152 valence electrons. The molecule has 2 aromatic rings. The van der Waals surface area contributed by atoms with E-state index in [1.54, 1.807) is 25.1 Å². The van der Waals surface area contributed by atoms with Gasteiger partial charge in [-0.05, 0) is 41.7 Å². The predicted molar refractivity (Wildman–Crippen MR) is 111 cm³/mol. The van der Waals surface area contributed by atoms with Crippen molar-refractivity contribution in [1.29, 1.82) is 0 Å². The molecule has 1 atom stereocenters. The molecule has 1 fully saturated rings. The lowest BCUT2D eigenvalue weighted by molar-refractivity contribution is -0.134. The van der Waals surface area contributed by atoms with Gasteiger partial charge in [0.05, 0.1) is 0 Å². The van der Waals surface area contributed by atoms with Crippen LogP contribution < -0.4 is 10.6 Å². The van der Waals surface area contributed by atoms with Crippen LogP contribution in [0.4, 0.5) is 4.79 Å². The molecule has 0 unspecified atom stereocenters. The Hall–Kier alpha value is -2.86. The Morgan fingerprint density at radius 1 is 1.17 bits per heavy atom. The van der Waals surface area contributed by atoms with Crippen LogP contribution in [0.3, 0.4) is 0 Å². The number of halogens is 1. The summed E-state index contributed by atoms with van der Waals surface area (Å²) in [6, 6.07) is 14.1. The van der Waals surface area contributed by atoms with Gasteiger partial charge in [-0.2, -0.15) is 0 Å². The minimum absolute atomic E-state index is 0.261. The van der Waals surface area contributed by atoms with E-state index in [1.807, 2.05) is 30.3 Å². The molecule has 0 radical (unpaired) electrons. The molecule has 29 heavy (non-hydrogen) atoms. The van der Waals surface area contributed by atoms with Gasteiger partial charge in [0.1, 0.15) is 12.1 Å². The number of benzene rings is 2. The van der Waals surface area contributed by atoms with E-state index in [2.05, 4.69) is 24.5 Å². The van der Waals surface area contributed by atoms with Gasteiger partial charge in [-0.25, -0.2) is 4.79 Å². The summed E-state index contributed by atoms with van der Waals surface area (Å²) in [5.41, 5.74) is 1.46. The zero-order chi connectivity index (χ0) is 21.2. The van der Waals surface area contributed by atoms with Gasteiger partial charge in [-0.15, -0.1) is 0 Å². The van der Waals surface area contributed by atoms with E-state index in [9.17, 15) is 14.4 Å². The number of imide groups is 1. The maximum Gasteiger partial charge on any atom is 0.325 e. The fraction of sp³-hybridized carbons (Fsp3) is 0.318. The van der Waals surface area contributed by atoms with E-state index in [1.165, 1.54) is 0 Å². The molecule has 6 nitrogen and oxygen atoms in total. The number of urea groups is 1. The van der Waals surface area contributed by atoms with Crippen molar-refractivity contribution in [2.24, 2.45) is 0 Å². The van der Waals surface area contributed by atoms with Gasteiger partial charge >= 0.3 is 6.03 Å².